The van der Waals surface area contributed by atoms with Gasteiger partial charge in [-0.15, -0.1) is 0 Å². The summed E-state index contributed by atoms with van der Waals surface area (Å²) in [7, 11) is 2.02. The van der Waals surface area contributed by atoms with Crippen LogP contribution in [0.15, 0.2) is 42.6 Å². The molecule has 106 valence electrons. The molecule has 2 rings (SSSR count). The van der Waals surface area contributed by atoms with Crippen LogP contribution < -0.4 is 5.32 Å². The lowest BCUT2D eigenvalue weighted by Gasteiger charge is -2.15. The van der Waals surface area contributed by atoms with Crippen molar-refractivity contribution in [1.82, 2.24) is 10.3 Å². The number of hydrogen-bond donors (Lipinski definition) is 1. The van der Waals surface area contributed by atoms with Gasteiger partial charge in [0.25, 0.3) is 0 Å². The zero-order chi connectivity index (χ0) is 14.4. The molecule has 1 unspecified atom stereocenters. The van der Waals surface area contributed by atoms with Crippen LogP contribution in [0.2, 0.25) is 0 Å². The lowest BCUT2D eigenvalue weighted by atomic mass is 10.00. The van der Waals surface area contributed by atoms with E-state index in [-0.39, 0.29) is 0 Å². The van der Waals surface area contributed by atoms with Gasteiger partial charge in [-0.1, -0.05) is 44.2 Å². The minimum Gasteiger partial charge on any atom is -0.313 e. The molecule has 0 bridgehead atoms. The maximum atomic E-state index is 4.54. The Bertz CT molecular complexity index is 527. The Kier molecular flexibility index (Phi) is 5.31. The molecule has 1 heterocycles. The number of pyridine rings is 1. The number of nitrogens with one attached hydrogen (secondary N) is 1. The van der Waals surface area contributed by atoms with Gasteiger partial charge in [-0.2, -0.15) is 0 Å². The number of nitrogens with zero attached hydrogens (tertiary/aromatic N) is 1. The van der Waals surface area contributed by atoms with E-state index in [0.717, 1.165) is 25.0 Å². The monoisotopic (exact) mass is 268 g/mol. The second kappa shape index (κ2) is 7.20. The molecule has 0 saturated heterocycles. The number of aromatic nitrogens is 1. The summed E-state index contributed by atoms with van der Waals surface area (Å²) < 4.78 is 0. The molecule has 2 nitrogen and oxygen atoms in total. The summed E-state index contributed by atoms with van der Waals surface area (Å²) in [6.07, 6.45) is 5.03. The molecule has 20 heavy (non-hydrogen) atoms. The van der Waals surface area contributed by atoms with Crippen LogP contribution >= 0.6 is 0 Å². The second-order valence-electron chi connectivity index (χ2n) is 5.18. The first-order valence-electron chi connectivity index (χ1n) is 7.46. The van der Waals surface area contributed by atoms with Gasteiger partial charge in [-0.3, -0.25) is 4.98 Å². The molecular formula is C18H24N2. The van der Waals surface area contributed by atoms with Crippen molar-refractivity contribution in [3.63, 3.8) is 0 Å². The van der Waals surface area contributed by atoms with Crippen LogP contribution in [-0.2, 0) is 12.8 Å². The number of aryl methyl sites for hydroxylation is 1. The third kappa shape index (κ3) is 3.67. The molecule has 2 heteroatoms. The number of benzene rings is 1. The summed E-state index contributed by atoms with van der Waals surface area (Å²) >= 11 is 0. The molecule has 0 amide bonds. The predicted octanol–water partition coefficient (Wildman–Crippen LogP) is 3.91. The number of hydrogen-bond acceptors (Lipinski definition) is 2. The van der Waals surface area contributed by atoms with Crippen molar-refractivity contribution in [3.8, 4) is 0 Å². The fourth-order valence-corrected chi connectivity index (χ4v) is 2.50. The van der Waals surface area contributed by atoms with Crippen LogP contribution in [0.1, 0.15) is 48.7 Å². The largest absolute Gasteiger partial charge is 0.313 e. The molecular weight excluding hydrogens is 244 g/mol. The van der Waals surface area contributed by atoms with Crippen LogP contribution in [0.3, 0.4) is 0 Å². The van der Waals surface area contributed by atoms with Gasteiger partial charge in [0.15, 0.2) is 0 Å². The second-order valence-corrected chi connectivity index (χ2v) is 5.18. The van der Waals surface area contributed by atoms with E-state index >= 15 is 0 Å². The zero-order valence-corrected chi connectivity index (χ0v) is 12.7. The van der Waals surface area contributed by atoms with Crippen LogP contribution in [0.25, 0.3) is 0 Å². The molecule has 2 aromatic rings. The molecule has 0 aliphatic heterocycles. The molecule has 1 aromatic carbocycles. The normalized spacial score (nSPS) is 12.3. The Morgan fingerprint density at radius 3 is 2.55 bits per heavy atom. The van der Waals surface area contributed by atoms with Gasteiger partial charge in [0.2, 0.25) is 0 Å². The van der Waals surface area contributed by atoms with Crippen LogP contribution in [0, 0.1) is 0 Å². The van der Waals surface area contributed by atoms with Crippen molar-refractivity contribution < 1.29 is 0 Å². The SMILES string of the molecule is CCc1ccc(Cc2cccc(C(CC)NC)c2)nc1. The summed E-state index contributed by atoms with van der Waals surface area (Å²) in [5.74, 6) is 0. The van der Waals surface area contributed by atoms with Crippen molar-refractivity contribution in [2.24, 2.45) is 0 Å². The van der Waals surface area contributed by atoms with Crippen molar-refractivity contribution >= 4 is 0 Å². The van der Waals surface area contributed by atoms with Crippen LogP contribution in [0.4, 0.5) is 0 Å². The highest BCUT2D eigenvalue weighted by atomic mass is 14.9. The van der Waals surface area contributed by atoms with Crippen molar-refractivity contribution in [1.29, 1.82) is 0 Å². The molecule has 0 aliphatic rings. The first kappa shape index (κ1) is 14.7. The molecule has 0 saturated carbocycles. The highest BCUT2D eigenvalue weighted by molar-refractivity contribution is 5.29. The Morgan fingerprint density at radius 2 is 1.95 bits per heavy atom. The van der Waals surface area contributed by atoms with E-state index in [1.165, 1.54) is 16.7 Å². The van der Waals surface area contributed by atoms with Gasteiger partial charge in [-0.05, 0) is 42.6 Å². The van der Waals surface area contributed by atoms with E-state index in [1.54, 1.807) is 0 Å². The number of rotatable bonds is 6. The Morgan fingerprint density at radius 1 is 1.10 bits per heavy atom. The Hall–Kier alpha value is -1.67. The summed E-state index contributed by atoms with van der Waals surface area (Å²) in [4.78, 5) is 4.54. The molecule has 0 radical (unpaired) electrons. The van der Waals surface area contributed by atoms with Gasteiger partial charge in [0.05, 0.1) is 0 Å². The van der Waals surface area contributed by atoms with Gasteiger partial charge < -0.3 is 5.32 Å². The lowest BCUT2D eigenvalue weighted by molar-refractivity contribution is 0.576. The van der Waals surface area contributed by atoms with Gasteiger partial charge in [-0.25, -0.2) is 0 Å². The van der Waals surface area contributed by atoms with E-state index in [0.29, 0.717) is 6.04 Å². The van der Waals surface area contributed by atoms with Crippen molar-refractivity contribution in [3.05, 3.63) is 65.0 Å². The molecule has 1 N–H and O–H groups in total. The highest BCUT2D eigenvalue weighted by Crippen LogP contribution is 2.18. The summed E-state index contributed by atoms with van der Waals surface area (Å²) in [5, 5.41) is 3.36. The summed E-state index contributed by atoms with van der Waals surface area (Å²) in [6, 6.07) is 13.6. The third-order valence-electron chi connectivity index (χ3n) is 3.79. The lowest BCUT2D eigenvalue weighted by Crippen LogP contribution is -2.15. The molecule has 0 fully saturated rings. The van der Waals surface area contributed by atoms with E-state index < -0.39 is 0 Å². The average Bonchev–Trinajstić information content (AvgIpc) is 2.50. The third-order valence-corrected chi connectivity index (χ3v) is 3.79. The van der Waals surface area contributed by atoms with Crippen molar-refractivity contribution in [2.75, 3.05) is 7.05 Å². The van der Waals surface area contributed by atoms with Crippen molar-refractivity contribution in [2.45, 2.75) is 39.2 Å². The van der Waals surface area contributed by atoms with Crippen LogP contribution in [0.5, 0.6) is 0 Å². The minimum atomic E-state index is 0.436. The molecule has 1 aromatic heterocycles. The summed E-state index contributed by atoms with van der Waals surface area (Å²) in [5.41, 5.74) is 5.12. The van der Waals surface area contributed by atoms with E-state index in [9.17, 15) is 0 Å². The first-order valence-corrected chi connectivity index (χ1v) is 7.46. The van der Waals surface area contributed by atoms with Gasteiger partial charge in [0.1, 0.15) is 0 Å². The zero-order valence-electron chi connectivity index (χ0n) is 12.7. The molecule has 0 aliphatic carbocycles. The average molecular weight is 268 g/mol. The predicted molar refractivity (Wildman–Crippen MR) is 85.0 cm³/mol. The fourth-order valence-electron chi connectivity index (χ4n) is 2.50. The smallest absolute Gasteiger partial charge is 0.0447 e. The quantitative estimate of drug-likeness (QED) is 0.859. The van der Waals surface area contributed by atoms with E-state index in [4.69, 9.17) is 0 Å². The van der Waals surface area contributed by atoms with Gasteiger partial charge >= 0.3 is 0 Å². The first-order chi connectivity index (χ1) is 9.76. The Labute approximate surface area is 122 Å². The Balaban J connectivity index is 2.14. The van der Waals surface area contributed by atoms with E-state index in [2.05, 4.69) is 60.5 Å². The maximum absolute atomic E-state index is 4.54. The fraction of sp³-hybridized carbons (Fsp3) is 0.389. The summed E-state index contributed by atoms with van der Waals surface area (Å²) in [6.45, 7) is 4.36. The molecule has 1 atom stereocenters. The standard InChI is InChI=1S/C18H24N2/c1-4-14-9-10-17(20-13-14)12-15-7-6-8-16(11-15)18(5-2)19-3/h6-11,13,18-19H,4-5,12H2,1-3H3. The topological polar surface area (TPSA) is 24.9 Å². The maximum Gasteiger partial charge on any atom is 0.0447 e. The van der Waals surface area contributed by atoms with Gasteiger partial charge in [0, 0.05) is 24.4 Å². The minimum absolute atomic E-state index is 0.436. The molecule has 0 spiro atoms. The highest BCUT2D eigenvalue weighted by Gasteiger charge is 2.07. The van der Waals surface area contributed by atoms with Crippen LogP contribution in [-0.4, -0.2) is 12.0 Å². The van der Waals surface area contributed by atoms with E-state index in [1.807, 2.05) is 13.2 Å².